The Bertz CT molecular complexity index is 514. The molecule has 0 aromatic carbocycles. The summed E-state index contributed by atoms with van der Waals surface area (Å²) < 4.78 is 6.25. The van der Waals surface area contributed by atoms with Gasteiger partial charge in [-0.1, -0.05) is 0 Å². The first-order valence-corrected chi connectivity index (χ1v) is 10.3. The van der Waals surface area contributed by atoms with Gasteiger partial charge in [-0.3, -0.25) is 4.79 Å². The van der Waals surface area contributed by atoms with E-state index in [2.05, 4.69) is 10.4 Å². The number of amides is 1. The molecule has 0 radical (unpaired) electrons. The van der Waals surface area contributed by atoms with Crippen LogP contribution in [0.5, 0.6) is 0 Å². The van der Waals surface area contributed by atoms with Gasteiger partial charge >= 0.3 is 0 Å². The Hall–Kier alpha value is -0.240. The molecular formula is C14H20N2O2S3. The van der Waals surface area contributed by atoms with Gasteiger partial charge in [-0.2, -0.15) is 11.8 Å². The van der Waals surface area contributed by atoms with Crippen molar-refractivity contribution in [2.45, 2.75) is 30.8 Å². The number of hydrogen-bond acceptors (Lipinski definition) is 6. The third-order valence-corrected chi connectivity index (χ3v) is 6.82. The van der Waals surface area contributed by atoms with Crippen LogP contribution in [0.1, 0.15) is 17.1 Å². The molecule has 1 spiro atoms. The summed E-state index contributed by atoms with van der Waals surface area (Å²) in [6.07, 6.45) is 3.33. The second-order valence-electron chi connectivity index (χ2n) is 5.67. The van der Waals surface area contributed by atoms with Crippen molar-refractivity contribution >= 4 is 40.8 Å². The Balaban J connectivity index is 1.43. The van der Waals surface area contributed by atoms with Crippen molar-refractivity contribution in [3.8, 4) is 0 Å². The molecule has 2 aliphatic rings. The summed E-state index contributed by atoms with van der Waals surface area (Å²) >= 11 is 5.24. The number of aryl methyl sites for hydroxylation is 1. The van der Waals surface area contributed by atoms with Crippen LogP contribution in [-0.2, 0) is 16.1 Å². The minimum atomic E-state index is 0.261. The SMILES string of the molecule is CSCC(=O)N1CC2(CC(OCc3csc(C)n3)CS2)C1. The summed E-state index contributed by atoms with van der Waals surface area (Å²) in [7, 11) is 0. The molecule has 0 N–H and O–H groups in total. The molecule has 1 atom stereocenters. The van der Waals surface area contributed by atoms with Gasteiger partial charge in [0.2, 0.25) is 5.91 Å². The molecule has 2 saturated heterocycles. The van der Waals surface area contributed by atoms with Crippen LogP contribution in [0.25, 0.3) is 0 Å². The average Bonchev–Trinajstić information content (AvgIpc) is 3.01. The molecule has 0 saturated carbocycles. The standard InChI is InChI=1S/C14H20N2O2S3/c1-10-15-11(5-20-10)4-18-12-3-14(21-6-12)8-16(9-14)13(17)7-19-2/h5,12H,3-4,6-9H2,1-2H3. The summed E-state index contributed by atoms with van der Waals surface area (Å²) in [4.78, 5) is 18.2. The number of likely N-dealkylation sites (tertiary alicyclic amines) is 1. The maximum atomic E-state index is 11.8. The summed E-state index contributed by atoms with van der Waals surface area (Å²) in [6, 6.07) is 0. The smallest absolute Gasteiger partial charge is 0.232 e. The maximum absolute atomic E-state index is 11.8. The zero-order valence-electron chi connectivity index (χ0n) is 12.3. The monoisotopic (exact) mass is 344 g/mol. The Kier molecular flexibility index (Phi) is 4.83. The minimum absolute atomic E-state index is 0.261. The van der Waals surface area contributed by atoms with E-state index in [1.54, 1.807) is 23.1 Å². The normalized spacial score (nSPS) is 23.5. The fourth-order valence-electron chi connectivity index (χ4n) is 2.85. The van der Waals surface area contributed by atoms with E-state index >= 15 is 0 Å². The fraction of sp³-hybridized carbons (Fsp3) is 0.714. The van der Waals surface area contributed by atoms with E-state index in [0.29, 0.717) is 18.5 Å². The molecule has 1 aromatic rings. The first-order chi connectivity index (χ1) is 10.1. The van der Waals surface area contributed by atoms with Crippen LogP contribution in [0.4, 0.5) is 0 Å². The average molecular weight is 345 g/mol. The van der Waals surface area contributed by atoms with E-state index in [4.69, 9.17) is 4.74 Å². The number of rotatable bonds is 5. The number of carbonyl (C=O) groups is 1. The highest BCUT2D eigenvalue weighted by molar-refractivity contribution is 8.01. The number of nitrogens with zero attached hydrogens (tertiary/aromatic N) is 2. The van der Waals surface area contributed by atoms with Crippen LogP contribution in [-0.4, -0.2) is 57.5 Å². The van der Waals surface area contributed by atoms with Crippen LogP contribution in [0.2, 0.25) is 0 Å². The van der Waals surface area contributed by atoms with Crippen molar-refractivity contribution in [1.29, 1.82) is 0 Å². The lowest BCUT2D eigenvalue weighted by Crippen LogP contribution is -2.61. The van der Waals surface area contributed by atoms with Gasteiger partial charge in [-0.25, -0.2) is 4.98 Å². The highest BCUT2D eigenvalue weighted by Gasteiger charge is 2.50. The lowest BCUT2D eigenvalue weighted by molar-refractivity contribution is -0.133. The van der Waals surface area contributed by atoms with Crippen LogP contribution in [0.3, 0.4) is 0 Å². The molecule has 3 rings (SSSR count). The Morgan fingerprint density at radius 1 is 1.62 bits per heavy atom. The van der Waals surface area contributed by atoms with E-state index < -0.39 is 0 Å². The van der Waals surface area contributed by atoms with Crippen molar-refractivity contribution < 1.29 is 9.53 Å². The molecule has 4 nitrogen and oxygen atoms in total. The molecule has 3 heterocycles. The van der Waals surface area contributed by atoms with Gasteiger partial charge < -0.3 is 9.64 Å². The fourth-order valence-corrected chi connectivity index (χ4v) is 5.43. The van der Waals surface area contributed by atoms with Crippen molar-refractivity contribution in [3.05, 3.63) is 16.1 Å². The highest BCUT2D eigenvalue weighted by atomic mass is 32.2. The number of thiazole rings is 1. The van der Waals surface area contributed by atoms with Crippen LogP contribution in [0.15, 0.2) is 5.38 Å². The summed E-state index contributed by atoms with van der Waals surface area (Å²) in [6.45, 7) is 4.42. The van der Waals surface area contributed by atoms with Gasteiger partial charge in [0, 0.05) is 24.2 Å². The zero-order valence-corrected chi connectivity index (χ0v) is 14.8. The van der Waals surface area contributed by atoms with Gasteiger partial charge in [0.15, 0.2) is 0 Å². The predicted molar refractivity (Wildman–Crippen MR) is 90.2 cm³/mol. The Morgan fingerprint density at radius 2 is 2.43 bits per heavy atom. The molecular weight excluding hydrogens is 324 g/mol. The number of hydrogen-bond donors (Lipinski definition) is 0. The molecule has 116 valence electrons. The first kappa shape index (κ1) is 15.6. The van der Waals surface area contributed by atoms with E-state index in [1.807, 2.05) is 29.8 Å². The number of thioether (sulfide) groups is 2. The van der Waals surface area contributed by atoms with Crippen LogP contribution >= 0.6 is 34.9 Å². The largest absolute Gasteiger partial charge is 0.371 e. The maximum Gasteiger partial charge on any atom is 0.232 e. The Labute approximate surface area is 138 Å². The van der Waals surface area contributed by atoms with Crippen molar-refractivity contribution in [1.82, 2.24) is 9.88 Å². The third kappa shape index (κ3) is 3.57. The molecule has 1 aromatic heterocycles. The van der Waals surface area contributed by atoms with Crippen LogP contribution in [0, 0.1) is 6.92 Å². The minimum Gasteiger partial charge on any atom is -0.371 e. The summed E-state index contributed by atoms with van der Waals surface area (Å²) in [5.41, 5.74) is 1.04. The van der Waals surface area contributed by atoms with Crippen molar-refractivity contribution in [2.24, 2.45) is 0 Å². The van der Waals surface area contributed by atoms with E-state index in [1.165, 1.54) is 0 Å². The molecule has 1 unspecified atom stereocenters. The van der Waals surface area contributed by atoms with E-state index in [-0.39, 0.29) is 10.7 Å². The topological polar surface area (TPSA) is 42.4 Å². The third-order valence-electron chi connectivity index (χ3n) is 3.89. The molecule has 1 amide bonds. The molecule has 0 aliphatic carbocycles. The number of aromatic nitrogens is 1. The number of carbonyl (C=O) groups excluding carboxylic acids is 1. The van der Waals surface area contributed by atoms with Gasteiger partial charge in [0.25, 0.3) is 0 Å². The quantitative estimate of drug-likeness (QED) is 0.821. The van der Waals surface area contributed by atoms with Crippen molar-refractivity contribution in [2.75, 3.05) is 30.9 Å². The first-order valence-electron chi connectivity index (χ1n) is 7.03. The molecule has 0 bridgehead atoms. The summed E-state index contributed by atoms with van der Waals surface area (Å²) in [5, 5.41) is 3.16. The molecule has 21 heavy (non-hydrogen) atoms. The van der Waals surface area contributed by atoms with E-state index in [9.17, 15) is 4.79 Å². The lowest BCUT2D eigenvalue weighted by Gasteiger charge is -2.47. The number of ether oxygens (including phenoxy) is 1. The second-order valence-corrected chi connectivity index (χ2v) is 9.09. The van der Waals surface area contributed by atoms with Gasteiger partial charge in [-0.15, -0.1) is 23.1 Å². The van der Waals surface area contributed by atoms with E-state index in [0.717, 1.165) is 36.0 Å². The highest BCUT2D eigenvalue weighted by Crippen LogP contribution is 2.46. The molecule has 2 fully saturated rings. The summed E-state index contributed by atoms with van der Waals surface area (Å²) in [5.74, 6) is 1.91. The Morgan fingerprint density at radius 3 is 3.10 bits per heavy atom. The van der Waals surface area contributed by atoms with Gasteiger partial charge in [0.05, 0.1) is 33.9 Å². The molecule has 7 heteroatoms. The van der Waals surface area contributed by atoms with Gasteiger partial charge in [0.1, 0.15) is 0 Å². The lowest BCUT2D eigenvalue weighted by atomic mass is 9.93. The second kappa shape index (κ2) is 6.48. The van der Waals surface area contributed by atoms with Crippen molar-refractivity contribution in [3.63, 3.8) is 0 Å². The van der Waals surface area contributed by atoms with Crippen LogP contribution < -0.4 is 0 Å². The zero-order chi connectivity index (χ0) is 14.9. The molecule has 2 aliphatic heterocycles. The van der Waals surface area contributed by atoms with Gasteiger partial charge in [-0.05, 0) is 19.6 Å². The predicted octanol–water partition coefficient (Wildman–Crippen LogP) is 2.42.